The van der Waals surface area contributed by atoms with Crippen LogP contribution >= 0.6 is 0 Å². The third kappa shape index (κ3) is 1.55. The van der Waals surface area contributed by atoms with E-state index in [2.05, 4.69) is 9.97 Å². The molecule has 14 heavy (non-hydrogen) atoms. The van der Waals surface area contributed by atoms with Crippen LogP contribution in [0.25, 0.3) is 0 Å². The van der Waals surface area contributed by atoms with Gasteiger partial charge in [0.05, 0.1) is 24.3 Å². The lowest BCUT2D eigenvalue weighted by molar-refractivity contribution is -0.126. The van der Waals surface area contributed by atoms with Gasteiger partial charge in [-0.15, -0.1) is 0 Å². The van der Waals surface area contributed by atoms with Gasteiger partial charge in [0, 0.05) is 13.0 Å². The molecule has 1 N–H and O–H groups in total. The van der Waals surface area contributed by atoms with E-state index < -0.39 is 0 Å². The average Bonchev–Trinajstić information content (AvgIpc) is 2.64. The predicted octanol–water partition coefficient (Wildman–Crippen LogP) is 0.871. The fraction of sp³-hybridized carbons (Fsp3) is 0.400. The normalized spacial score (nSPS) is 15.9. The summed E-state index contributed by atoms with van der Waals surface area (Å²) in [4.78, 5) is 20.6. The highest BCUT2D eigenvalue weighted by Gasteiger charge is 2.20. The Balaban J connectivity index is 2.11. The number of allylic oxidation sites excluding steroid dienone is 1. The summed E-state index contributed by atoms with van der Waals surface area (Å²) in [5, 5.41) is 0. The van der Waals surface area contributed by atoms with E-state index in [1.165, 1.54) is 0 Å². The van der Waals surface area contributed by atoms with E-state index in [0.29, 0.717) is 6.54 Å². The quantitative estimate of drug-likeness (QED) is 0.669. The number of fused-ring (bicyclic) bond motifs is 1. The minimum atomic E-state index is 0.0766. The first-order chi connectivity index (χ1) is 6.81. The summed E-state index contributed by atoms with van der Waals surface area (Å²) in [6.07, 6.45) is 5.91. The van der Waals surface area contributed by atoms with Crippen LogP contribution < -0.4 is 0 Å². The molecular formula is C10H13N3O. The summed E-state index contributed by atoms with van der Waals surface area (Å²) in [6, 6.07) is 0. The molecule has 0 fully saturated rings. The number of rotatable bonds is 1. The fourth-order valence-electron chi connectivity index (χ4n) is 1.65. The monoisotopic (exact) mass is 191 g/mol. The zero-order valence-electron chi connectivity index (χ0n) is 8.16. The highest BCUT2D eigenvalue weighted by atomic mass is 16.2. The number of hydrogen-bond donors (Lipinski definition) is 1. The second-order valence-electron chi connectivity index (χ2n) is 3.34. The van der Waals surface area contributed by atoms with Crippen molar-refractivity contribution in [2.24, 2.45) is 0 Å². The SMILES string of the molecule is C/C=C/C(=O)N1CCc2nc[nH]c2C1. The van der Waals surface area contributed by atoms with Gasteiger partial charge in [-0.05, 0) is 13.0 Å². The smallest absolute Gasteiger partial charge is 0.246 e. The van der Waals surface area contributed by atoms with Crippen molar-refractivity contribution in [1.29, 1.82) is 0 Å². The van der Waals surface area contributed by atoms with Crippen LogP contribution in [0.2, 0.25) is 0 Å². The van der Waals surface area contributed by atoms with Gasteiger partial charge in [0.25, 0.3) is 0 Å². The van der Waals surface area contributed by atoms with Gasteiger partial charge in [0.1, 0.15) is 0 Å². The van der Waals surface area contributed by atoms with Gasteiger partial charge in [-0.25, -0.2) is 4.98 Å². The molecule has 74 valence electrons. The Morgan fingerprint density at radius 2 is 2.57 bits per heavy atom. The van der Waals surface area contributed by atoms with E-state index in [4.69, 9.17) is 0 Å². The predicted molar refractivity (Wildman–Crippen MR) is 52.5 cm³/mol. The number of carbonyl (C=O) groups excluding carboxylic acids is 1. The summed E-state index contributed by atoms with van der Waals surface area (Å²) in [5.74, 6) is 0.0766. The van der Waals surface area contributed by atoms with Crippen LogP contribution in [0.3, 0.4) is 0 Å². The molecule has 0 saturated carbocycles. The molecule has 0 spiro atoms. The van der Waals surface area contributed by atoms with E-state index in [1.807, 2.05) is 11.8 Å². The van der Waals surface area contributed by atoms with Crippen molar-refractivity contribution in [3.63, 3.8) is 0 Å². The molecule has 0 aliphatic carbocycles. The van der Waals surface area contributed by atoms with E-state index >= 15 is 0 Å². The number of nitrogens with one attached hydrogen (secondary N) is 1. The maximum atomic E-state index is 11.5. The van der Waals surface area contributed by atoms with Crippen molar-refractivity contribution < 1.29 is 4.79 Å². The highest BCUT2D eigenvalue weighted by Crippen LogP contribution is 2.14. The van der Waals surface area contributed by atoms with Crippen LogP contribution in [0.15, 0.2) is 18.5 Å². The van der Waals surface area contributed by atoms with Crippen LogP contribution in [0.1, 0.15) is 18.3 Å². The Bertz CT molecular complexity index is 367. The minimum Gasteiger partial charge on any atom is -0.347 e. The number of imidazole rings is 1. The Labute approximate surface area is 82.6 Å². The molecule has 0 atom stereocenters. The van der Waals surface area contributed by atoms with Gasteiger partial charge in [-0.2, -0.15) is 0 Å². The van der Waals surface area contributed by atoms with Crippen LogP contribution in [0, 0.1) is 0 Å². The average molecular weight is 191 g/mol. The van der Waals surface area contributed by atoms with Crippen molar-refractivity contribution in [2.75, 3.05) is 6.54 Å². The highest BCUT2D eigenvalue weighted by molar-refractivity contribution is 5.87. The third-order valence-electron chi connectivity index (χ3n) is 2.40. The maximum Gasteiger partial charge on any atom is 0.246 e. The summed E-state index contributed by atoms with van der Waals surface area (Å²) < 4.78 is 0. The van der Waals surface area contributed by atoms with Crippen molar-refractivity contribution in [1.82, 2.24) is 14.9 Å². The van der Waals surface area contributed by atoms with Crippen molar-refractivity contribution >= 4 is 5.91 Å². The lowest BCUT2D eigenvalue weighted by Crippen LogP contribution is -2.34. The van der Waals surface area contributed by atoms with E-state index in [1.54, 1.807) is 18.5 Å². The van der Waals surface area contributed by atoms with Gasteiger partial charge in [-0.3, -0.25) is 4.79 Å². The first-order valence-corrected chi connectivity index (χ1v) is 4.74. The van der Waals surface area contributed by atoms with Gasteiger partial charge in [-0.1, -0.05) is 6.08 Å². The Morgan fingerprint density at radius 1 is 1.71 bits per heavy atom. The van der Waals surface area contributed by atoms with E-state index in [0.717, 1.165) is 24.4 Å². The number of amides is 1. The fourth-order valence-corrected chi connectivity index (χ4v) is 1.65. The molecule has 2 rings (SSSR count). The first-order valence-electron chi connectivity index (χ1n) is 4.74. The van der Waals surface area contributed by atoms with E-state index in [9.17, 15) is 4.79 Å². The molecule has 1 aliphatic rings. The summed E-state index contributed by atoms with van der Waals surface area (Å²) in [5.41, 5.74) is 2.16. The second kappa shape index (κ2) is 3.65. The van der Waals surface area contributed by atoms with Gasteiger partial charge in [0.15, 0.2) is 0 Å². The number of H-pyrrole nitrogens is 1. The zero-order chi connectivity index (χ0) is 9.97. The van der Waals surface area contributed by atoms with E-state index in [-0.39, 0.29) is 5.91 Å². The van der Waals surface area contributed by atoms with Crippen molar-refractivity contribution in [2.45, 2.75) is 19.9 Å². The summed E-state index contributed by atoms with van der Waals surface area (Å²) in [7, 11) is 0. The summed E-state index contributed by atoms with van der Waals surface area (Å²) in [6.45, 7) is 3.27. The molecule has 0 unspecified atom stereocenters. The van der Waals surface area contributed by atoms with Crippen LogP contribution in [0.5, 0.6) is 0 Å². The number of carbonyl (C=O) groups is 1. The molecular weight excluding hydrogens is 178 g/mol. The molecule has 0 aromatic carbocycles. The van der Waals surface area contributed by atoms with Crippen LogP contribution in [-0.4, -0.2) is 27.3 Å². The standard InChI is InChI=1S/C10H13N3O/c1-2-3-10(14)13-5-4-8-9(6-13)12-7-11-8/h2-3,7H,4-6H2,1H3,(H,11,12)/b3-2+. The number of nitrogens with zero attached hydrogens (tertiary/aromatic N) is 2. The molecule has 1 amide bonds. The molecule has 0 radical (unpaired) electrons. The molecule has 2 heterocycles. The Morgan fingerprint density at radius 3 is 3.36 bits per heavy atom. The van der Waals surface area contributed by atoms with Crippen molar-refractivity contribution in [3.05, 3.63) is 29.9 Å². The molecule has 1 aromatic rings. The molecule has 0 saturated heterocycles. The Hall–Kier alpha value is -1.58. The lowest BCUT2D eigenvalue weighted by atomic mass is 10.1. The van der Waals surface area contributed by atoms with Crippen molar-refractivity contribution in [3.8, 4) is 0 Å². The lowest BCUT2D eigenvalue weighted by Gasteiger charge is -2.24. The molecule has 4 heteroatoms. The van der Waals surface area contributed by atoms with Crippen LogP contribution in [-0.2, 0) is 17.8 Å². The van der Waals surface area contributed by atoms with Gasteiger partial charge < -0.3 is 9.88 Å². The summed E-state index contributed by atoms with van der Waals surface area (Å²) >= 11 is 0. The zero-order valence-corrected chi connectivity index (χ0v) is 8.16. The largest absolute Gasteiger partial charge is 0.347 e. The number of hydrogen-bond acceptors (Lipinski definition) is 2. The van der Waals surface area contributed by atoms with Gasteiger partial charge in [0.2, 0.25) is 5.91 Å². The first kappa shape index (κ1) is 8.99. The molecule has 4 nitrogen and oxygen atoms in total. The van der Waals surface area contributed by atoms with Crippen LogP contribution in [0.4, 0.5) is 0 Å². The second-order valence-corrected chi connectivity index (χ2v) is 3.34. The number of aromatic nitrogens is 2. The molecule has 1 aliphatic heterocycles. The molecule has 0 bridgehead atoms. The number of aromatic amines is 1. The minimum absolute atomic E-state index is 0.0766. The maximum absolute atomic E-state index is 11.5. The Kier molecular flexibility index (Phi) is 2.35. The molecule has 1 aromatic heterocycles. The van der Waals surface area contributed by atoms with Gasteiger partial charge >= 0.3 is 0 Å². The third-order valence-corrected chi connectivity index (χ3v) is 2.40. The topological polar surface area (TPSA) is 49.0 Å².